The van der Waals surface area contributed by atoms with Crippen molar-refractivity contribution in [1.82, 2.24) is 0 Å². The van der Waals surface area contributed by atoms with Crippen molar-refractivity contribution < 1.29 is 4.74 Å². The maximum absolute atomic E-state index is 5.98. The molecule has 0 aliphatic heterocycles. The van der Waals surface area contributed by atoms with E-state index in [1.807, 2.05) is 0 Å². The second-order valence-corrected chi connectivity index (χ2v) is 4.87. The molecule has 0 bridgehead atoms. The van der Waals surface area contributed by atoms with Crippen molar-refractivity contribution in [2.75, 3.05) is 0 Å². The third-order valence-electron chi connectivity index (χ3n) is 3.45. The summed E-state index contributed by atoms with van der Waals surface area (Å²) in [6.45, 7) is 4.95. The Morgan fingerprint density at radius 1 is 1.31 bits per heavy atom. The first kappa shape index (κ1) is 11.6. The number of benzene rings is 1. The number of hydrogen-bond donors (Lipinski definition) is 1. The zero-order valence-corrected chi connectivity index (χ0v) is 10.2. The first-order chi connectivity index (χ1) is 7.66. The van der Waals surface area contributed by atoms with E-state index >= 15 is 0 Å². The van der Waals surface area contributed by atoms with Gasteiger partial charge in [0.2, 0.25) is 0 Å². The number of hydrogen-bond acceptors (Lipinski definition) is 2. The Labute approximate surface area is 97.8 Å². The van der Waals surface area contributed by atoms with Crippen molar-refractivity contribution in [2.45, 2.75) is 51.9 Å². The van der Waals surface area contributed by atoms with Crippen molar-refractivity contribution in [1.29, 1.82) is 0 Å². The van der Waals surface area contributed by atoms with Crippen LogP contribution in [-0.4, -0.2) is 12.1 Å². The SMILES string of the molecule is Cc1ccc(CO[C@H]2CCC[C@@H]2N)c(C)c1. The fourth-order valence-corrected chi connectivity index (χ4v) is 2.37. The summed E-state index contributed by atoms with van der Waals surface area (Å²) in [5.41, 5.74) is 9.88. The van der Waals surface area contributed by atoms with Crippen LogP contribution in [0.3, 0.4) is 0 Å². The van der Waals surface area contributed by atoms with Gasteiger partial charge in [0.1, 0.15) is 0 Å². The number of ether oxygens (including phenoxy) is 1. The van der Waals surface area contributed by atoms with Gasteiger partial charge in [0.05, 0.1) is 12.7 Å². The van der Waals surface area contributed by atoms with Gasteiger partial charge in [-0.15, -0.1) is 0 Å². The standard InChI is InChI=1S/C14H21NO/c1-10-6-7-12(11(2)8-10)9-16-14-5-3-4-13(14)15/h6-8,13-14H,3-5,9,15H2,1-2H3/t13-,14-/m0/s1. The minimum atomic E-state index is 0.241. The van der Waals surface area contributed by atoms with Crippen LogP contribution in [0, 0.1) is 13.8 Å². The quantitative estimate of drug-likeness (QED) is 0.848. The van der Waals surface area contributed by atoms with E-state index in [9.17, 15) is 0 Å². The average molecular weight is 219 g/mol. The van der Waals surface area contributed by atoms with Gasteiger partial charge in [-0.3, -0.25) is 0 Å². The average Bonchev–Trinajstić information content (AvgIpc) is 2.63. The monoisotopic (exact) mass is 219 g/mol. The third kappa shape index (κ3) is 2.63. The van der Waals surface area contributed by atoms with Gasteiger partial charge in [-0.25, -0.2) is 0 Å². The van der Waals surface area contributed by atoms with E-state index in [-0.39, 0.29) is 12.1 Å². The molecule has 88 valence electrons. The van der Waals surface area contributed by atoms with Gasteiger partial charge in [-0.1, -0.05) is 23.8 Å². The molecule has 0 unspecified atom stereocenters. The first-order valence-corrected chi connectivity index (χ1v) is 6.10. The molecule has 2 heteroatoms. The molecule has 2 rings (SSSR count). The number of rotatable bonds is 3. The molecule has 1 fully saturated rings. The maximum Gasteiger partial charge on any atom is 0.0730 e. The molecule has 0 aromatic heterocycles. The molecule has 1 aliphatic rings. The van der Waals surface area contributed by atoms with Gasteiger partial charge in [0.25, 0.3) is 0 Å². The molecule has 2 nitrogen and oxygen atoms in total. The van der Waals surface area contributed by atoms with Crippen molar-refractivity contribution in [2.24, 2.45) is 5.73 Å². The maximum atomic E-state index is 5.98. The Morgan fingerprint density at radius 3 is 2.75 bits per heavy atom. The highest BCUT2D eigenvalue weighted by Crippen LogP contribution is 2.22. The lowest BCUT2D eigenvalue weighted by atomic mass is 10.1. The molecule has 0 heterocycles. The molecule has 0 amide bonds. The molecular weight excluding hydrogens is 198 g/mol. The van der Waals surface area contributed by atoms with Crippen LogP contribution in [0.25, 0.3) is 0 Å². The summed E-state index contributed by atoms with van der Waals surface area (Å²) in [6, 6.07) is 6.74. The minimum Gasteiger partial charge on any atom is -0.372 e. The second-order valence-electron chi connectivity index (χ2n) is 4.87. The van der Waals surface area contributed by atoms with E-state index in [2.05, 4.69) is 32.0 Å². The molecule has 2 atom stereocenters. The normalized spacial score (nSPS) is 24.9. The van der Waals surface area contributed by atoms with Gasteiger partial charge in [-0.2, -0.15) is 0 Å². The summed E-state index contributed by atoms with van der Waals surface area (Å²) in [6.07, 6.45) is 3.70. The van der Waals surface area contributed by atoms with Crippen LogP contribution in [-0.2, 0) is 11.3 Å². The van der Waals surface area contributed by atoms with E-state index in [1.165, 1.54) is 23.1 Å². The van der Waals surface area contributed by atoms with Crippen LogP contribution in [0.1, 0.15) is 36.0 Å². The van der Waals surface area contributed by atoms with Crippen molar-refractivity contribution >= 4 is 0 Å². The van der Waals surface area contributed by atoms with Gasteiger partial charge in [0, 0.05) is 6.04 Å². The van der Waals surface area contributed by atoms with Gasteiger partial charge in [0.15, 0.2) is 0 Å². The Hall–Kier alpha value is -0.860. The predicted molar refractivity (Wildman–Crippen MR) is 66.3 cm³/mol. The molecule has 2 N–H and O–H groups in total. The molecule has 0 radical (unpaired) electrons. The highest BCUT2D eigenvalue weighted by molar-refractivity contribution is 5.29. The van der Waals surface area contributed by atoms with Crippen molar-refractivity contribution in [3.05, 3.63) is 34.9 Å². The summed E-state index contributed by atoms with van der Waals surface area (Å²) in [5.74, 6) is 0. The van der Waals surface area contributed by atoms with Crippen LogP contribution in [0.15, 0.2) is 18.2 Å². The largest absolute Gasteiger partial charge is 0.372 e. The van der Waals surface area contributed by atoms with Crippen LogP contribution in [0.2, 0.25) is 0 Å². The minimum absolute atomic E-state index is 0.241. The Balaban J connectivity index is 1.94. The number of aryl methyl sites for hydroxylation is 2. The lowest BCUT2D eigenvalue weighted by Gasteiger charge is -2.17. The second kappa shape index (κ2) is 4.98. The van der Waals surface area contributed by atoms with E-state index in [0.717, 1.165) is 12.8 Å². The highest BCUT2D eigenvalue weighted by atomic mass is 16.5. The lowest BCUT2D eigenvalue weighted by molar-refractivity contribution is 0.0355. The molecule has 1 aromatic rings. The number of nitrogens with two attached hydrogens (primary N) is 1. The van der Waals surface area contributed by atoms with Crippen LogP contribution in [0.5, 0.6) is 0 Å². The fourth-order valence-electron chi connectivity index (χ4n) is 2.37. The Bertz CT molecular complexity index is 362. The van der Waals surface area contributed by atoms with Gasteiger partial charge < -0.3 is 10.5 Å². The Kier molecular flexibility index (Phi) is 3.62. The van der Waals surface area contributed by atoms with Crippen molar-refractivity contribution in [3.8, 4) is 0 Å². The highest BCUT2D eigenvalue weighted by Gasteiger charge is 2.24. The van der Waals surface area contributed by atoms with Crippen LogP contribution >= 0.6 is 0 Å². The van der Waals surface area contributed by atoms with Crippen molar-refractivity contribution in [3.63, 3.8) is 0 Å². The summed E-state index contributed by atoms with van der Waals surface area (Å²) in [4.78, 5) is 0. The molecular formula is C14H21NO. The zero-order chi connectivity index (χ0) is 11.5. The smallest absolute Gasteiger partial charge is 0.0730 e. The fraction of sp³-hybridized carbons (Fsp3) is 0.571. The van der Waals surface area contributed by atoms with E-state index in [4.69, 9.17) is 10.5 Å². The van der Waals surface area contributed by atoms with E-state index in [0.29, 0.717) is 6.61 Å². The topological polar surface area (TPSA) is 35.2 Å². The summed E-state index contributed by atoms with van der Waals surface area (Å²) >= 11 is 0. The van der Waals surface area contributed by atoms with Crippen LogP contribution < -0.4 is 5.73 Å². The van der Waals surface area contributed by atoms with Gasteiger partial charge in [-0.05, 0) is 44.2 Å². The zero-order valence-electron chi connectivity index (χ0n) is 10.2. The molecule has 1 aromatic carbocycles. The summed E-state index contributed by atoms with van der Waals surface area (Å²) in [5, 5.41) is 0. The van der Waals surface area contributed by atoms with Crippen LogP contribution in [0.4, 0.5) is 0 Å². The predicted octanol–water partition coefficient (Wildman–Crippen LogP) is 2.70. The molecule has 1 saturated carbocycles. The Morgan fingerprint density at radius 2 is 2.12 bits per heavy atom. The molecule has 0 spiro atoms. The third-order valence-corrected chi connectivity index (χ3v) is 3.45. The molecule has 0 saturated heterocycles. The molecule has 1 aliphatic carbocycles. The van der Waals surface area contributed by atoms with E-state index in [1.54, 1.807) is 0 Å². The summed E-state index contributed by atoms with van der Waals surface area (Å²) in [7, 11) is 0. The van der Waals surface area contributed by atoms with E-state index < -0.39 is 0 Å². The lowest BCUT2D eigenvalue weighted by Crippen LogP contribution is -2.31. The summed E-state index contributed by atoms with van der Waals surface area (Å²) < 4.78 is 5.90. The van der Waals surface area contributed by atoms with Gasteiger partial charge >= 0.3 is 0 Å². The molecule has 16 heavy (non-hydrogen) atoms. The first-order valence-electron chi connectivity index (χ1n) is 6.10.